The highest BCUT2D eigenvalue weighted by Crippen LogP contribution is 2.37. The molecule has 0 unspecified atom stereocenters. The van der Waals surface area contributed by atoms with Crippen LogP contribution in [0, 0.1) is 0 Å². The first kappa shape index (κ1) is 28.3. The van der Waals surface area contributed by atoms with Gasteiger partial charge in [0.2, 0.25) is 0 Å². The second kappa shape index (κ2) is 13.3. The van der Waals surface area contributed by atoms with Crippen LogP contribution in [0.4, 0.5) is 11.4 Å². The SMILES string of the molecule is CCNc1ccc(C(=C2C=CC(=[N+](CC)CC)C=C2)c2ccc(N(CC)CC)cc2)c2ccccc12.[Cl-]. The van der Waals surface area contributed by atoms with Crippen molar-refractivity contribution in [3.05, 3.63) is 102 Å². The summed E-state index contributed by atoms with van der Waals surface area (Å²) in [5.41, 5.74) is 8.74. The van der Waals surface area contributed by atoms with E-state index < -0.39 is 0 Å². The van der Waals surface area contributed by atoms with Crippen LogP contribution in [0.1, 0.15) is 45.7 Å². The van der Waals surface area contributed by atoms with Crippen molar-refractivity contribution in [2.24, 2.45) is 0 Å². The van der Waals surface area contributed by atoms with E-state index in [1.807, 2.05) is 0 Å². The molecule has 1 aliphatic carbocycles. The van der Waals surface area contributed by atoms with Gasteiger partial charge in [-0.3, -0.25) is 0 Å². The Morgan fingerprint density at radius 2 is 1.35 bits per heavy atom. The minimum Gasteiger partial charge on any atom is -1.00 e. The summed E-state index contributed by atoms with van der Waals surface area (Å²) in [5, 5.41) is 6.07. The van der Waals surface area contributed by atoms with E-state index in [4.69, 9.17) is 0 Å². The Kier molecular flexibility index (Phi) is 10.2. The van der Waals surface area contributed by atoms with Gasteiger partial charge in [0.15, 0.2) is 5.71 Å². The predicted molar refractivity (Wildman–Crippen MR) is 159 cm³/mol. The molecule has 3 nitrogen and oxygen atoms in total. The minimum absolute atomic E-state index is 0. The number of fused-ring (bicyclic) bond motifs is 1. The zero-order chi connectivity index (χ0) is 25.5. The average molecular weight is 514 g/mol. The zero-order valence-electron chi connectivity index (χ0n) is 22.9. The van der Waals surface area contributed by atoms with Gasteiger partial charge in [-0.25, -0.2) is 4.58 Å². The van der Waals surface area contributed by atoms with Crippen molar-refractivity contribution in [1.82, 2.24) is 0 Å². The highest BCUT2D eigenvalue weighted by Gasteiger charge is 2.17. The molecule has 0 aromatic heterocycles. The van der Waals surface area contributed by atoms with Crippen LogP contribution in [0.25, 0.3) is 16.3 Å². The highest BCUT2D eigenvalue weighted by atomic mass is 35.5. The fourth-order valence-electron chi connectivity index (χ4n) is 5.19. The molecule has 0 bridgehead atoms. The molecule has 0 atom stereocenters. The molecule has 4 heteroatoms. The first-order valence-corrected chi connectivity index (χ1v) is 13.5. The summed E-state index contributed by atoms with van der Waals surface area (Å²) in [5.74, 6) is 0. The normalized spacial score (nSPS) is 12.5. The van der Waals surface area contributed by atoms with Crippen molar-refractivity contribution in [2.75, 3.05) is 42.9 Å². The number of benzene rings is 3. The molecule has 0 saturated carbocycles. The first-order chi connectivity index (χ1) is 17.6. The molecule has 0 aliphatic heterocycles. The second-order valence-electron chi connectivity index (χ2n) is 9.05. The maximum atomic E-state index is 3.54. The summed E-state index contributed by atoms with van der Waals surface area (Å²) in [6, 6.07) is 22.4. The molecular formula is C33H40ClN3. The van der Waals surface area contributed by atoms with Gasteiger partial charge in [0.25, 0.3) is 0 Å². The summed E-state index contributed by atoms with van der Waals surface area (Å²) in [4.78, 5) is 2.39. The molecule has 0 amide bonds. The molecule has 0 spiro atoms. The van der Waals surface area contributed by atoms with Gasteiger partial charge in [-0.15, -0.1) is 0 Å². The third-order valence-electron chi connectivity index (χ3n) is 7.13. The summed E-state index contributed by atoms with van der Waals surface area (Å²) < 4.78 is 2.39. The fraction of sp³-hybridized carbons (Fsp3) is 0.303. The number of hydrogen-bond donors (Lipinski definition) is 1. The summed E-state index contributed by atoms with van der Waals surface area (Å²) in [6.07, 6.45) is 9.10. The molecular weight excluding hydrogens is 474 g/mol. The van der Waals surface area contributed by atoms with Crippen molar-refractivity contribution in [2.45, 2.75) is 34.6 Å². The van der Waals surface area contributed by atoms with Crippen molar-refractivity contribution >= 4 is 33.4 Å². The molecule has 0 saturated heterocycles. The zero-order valence-corrected chi connectivity index (χ0v) is 23.6. The van der Waals surface area contributed by atoms with Crippen molar-refractivity contribution in [3.8, 4) is 0 Å². The summed E-state index contributed by atoms with van der Waals surface area (Å²) in [6.45, 7) is 15.9. The lowest BCUT2D eigenvalue weighted by molar-refractivity contribution is -0.519. The number of halogens is 1. The van der Waals surface area contributed by atoms with Gasteiger partial charge in [0.05, 0.1) is 0 Å². The second-order valence-corrected chi connectivity index (χ2v) is 9.05. The standard InChI is InChI=1S/C33H39N3.ClH/c1-6-34-32-24-23-31(29-13-11-12-14-30(29)32)33(25-15-19-27(20-16-25)35(7-2)8-3)26-17-21-28(22-18-26)36(9-4)10-5;/h11-24H,6-10H2,1-5H3;1H. The van der Waals surface area contributed by atoms with Gasteiger partial charge in [-0.2, -0.15) is 0 Å². The largest absolute Gasteiger partial charge is 1.00 e. The van der Waals surface area contributed by atoms with Gasteiger partial charge in [0.1, 0.15) is 13.1 Å². The van der Waals surface area contributed by atoms with Crippen LogP contribution in [0.2, 0.25) is 0 Å². The predicted octanol–water partition coefficient (Wildman–Crippen LogP) is 4.54. The van der Waals surface area contributed by atoms with Crippen LogP contribution >= 0.6 is 0 Å². The van der Waals surface area contributed by atoms with E-state index in [2.05, 4.69) is 134 Å². The molecule has 3 aromatic carbocycles. The molecule has 1 aliphatic rings. The van der Waals surface area contributed by atoms with Crippen molar-refractivity contribution in [1.29, 1.82) is 0 Å². The number of nitrogens with one attached hydrogen (secondary N) is 1. The molecule has 0 fully saturated rings. The molecule has 3 aromatic rings. The van der Waals surface area contributed by atoms with E-state index in [0.717, 1.165) is 32.7 Å². The maximum Gasteiger partial charge on any atom is 0.199 e. The Morgan fingerprint density at radius 1 is 0.730 bits per heavy atom. The third kappa shape index (κ3) is 5.99. The van der Waals surface area contributed by atoms with Crippen LogP contribution in [-0.2, 0) is 0 Å². The maximum absolute atomic E-state index is 3.54. The Balaban J connectivity index is 0.00000380. The molecule has 4 rings (SSSR count). The van der Waals surface area contributed by atoms with Gasteiger partial charge in [-0.1, -0.05) is 42.5 Å². The van der Waals surface area contributed by atoms with Crippen LogP contribution in [-0.4, -0.2) is 43.0 Å². The molecule has 194 valence electrons. The quantitative estimate of drug-likeness (QED) is 0.423. The van der Waals surface area contributed by atoms with E-state index >= 15 is 0 Å². The molecule has 0 radical (unpaired) electrons. The van der Waals surface area contributed by atoms with E-state index in [0.29, 0.717) is 0 Å². The fourth-order valence-corrected chi connectivity index (χ4v) is 5.19. The van der Waals surface area contributed by atoms with Gasteiger partial charge >= 0.3 is 0 Å². The molecule has 37 heavy (non-hydrogen) atoms. The Labute approximate surface area is 229 Å². The van der Waals surface area contributed by atoms with E-state index in [-0.39, 0.29) is 12.4 Å². The summed E-state index contributed by atoms with van der Waals surface area (Å²) >= 11 is 0. The Hall–Kier alpha value is -3.30. The average Bonchev–Trinajstić information content (AvgIpc) is 2.93. The van der Waals surface area contributed by atoms with Gasteiger partial charge in [0, 0.05) is 48.5 Å². The minimum atomic E-state index is 0. The van der Waals surface area contributed by atoms with Crippen LogP contribution in [0.15, 0.2) is 90.5 Å². The topological polar surface area (TPSA) is 18.3 Å². The van der Waals surface area contributed by atoms with Crippen LogP contribution in [0.5, 0.6) is 0 Å². The van der Waals surface area contributed by atoms with E-state index in [9.17, 15) is 0 Å². The van der Waals surface area contributed by atoms with E-state index in [1.165, 1.54) is 50.1 Å². The monoisotopic (exact) mass is 513 g/mol. The smallest absolute Gasteiger partial charge is 0.199 e. The third-order valence-corrected chi connectivity index (χ3v) is 7.13. The number of anilines is 2. The van der Waals surface area contributed by atoms with Crippen molar-refractivity contribution < 1.29 is 17.0 Å². The molecule has 0 heterocycles. The number of nitrogens with zero attached hydrogens (tertiary/aromatic N) is 2. The number of hydrogen-bond acceptors (Lipinski definition) is 2. The summed E-state index contributed by atoms with van der Waals surface area (Å²) in [7, 11) is 0. The Morgan fingerprint density at radius 3 is 1.92 bits per heavy atom. The lowest BCUT2D eigenvalue weighted by Gasteiger charge is -2.22. The van der Waals surface area contributed by atoms with Gasteiger partial charge < -0.3 is 22.6 Å². The lowest BCUT2D eigenvalue weighted by atomic mass is 9.87. The van der Waals surface area contributed by atoms with Crippen molar-refractivity contribution in [3.63, 3.8) is 0 Å². The lowest BCUT2D eigenvalue weighted by Crippen LogP contribution is -3.00. The number of allylic oxidation sites excluding steroid dienone is 5. The highest BCUT2D eigenvalue weighted by molar-refractivity contribution is 6.07. The molecule has 1 N–H and O–H groups in total. The van der Waals surface area contributed by atoms with Crippen LogP contribution in [0.3, 0.4) is 0 Å². The Bertz CT molecular complexity index is 1300. The van der Waals surface area contributed by atoms with Gasteiger partial charge in [-0.05, 0) is 92.6 Å². The first-order valence-electron chi connectivity index (χ1n) is 13.5. The number of rotatable bonds is 9. The van der Waals surface area contributed by atoms with E-state index in [1.54, 1.807) is 0 Å². The van der Waals surface area contributed by atoms with Crippen LogP contribution < -0.4 is 22.6 Å².